The predicted octanol–water partition coefficient (Wildman–Crippen LogP) is 0.925. The van der Waals surface area contributed by atoms with E-state index in [1.165, 1.54) is 0 Å². The molecule has 0 aliphatic heterocycles. The number of rotatable bonds is 6. The van der Waals surface area contributed by atoms with Crippen molar-refractivity contribution in [1.29, 1.82) is 0 Å². The Labute approximate surface area is 99.0 Å². The zero-order valence-corrected chi connectivity index (χ0v) is 9.82. The quantitative estimate of drug-likeness (QED) is 0.684. The van der Waals surface area contributed by atoms with Crippen LogP contribution in [0.1, 0.15) is 26.7 Å². The standard InChI is InChI=1S/C9H14O6.ClH/c1-3-6(9(13)14)7(4-8(11)12)15-5(2)10;/h6-7H,3-4H2,1-2H3,(H,11,12)(H,13,14);1H/t6?,7-;/m1./s1. The van der Waals surface area contributed by atoms with Crippen molar-refractivity contribution in [2.45, 2.75) is 32.8 Å². The molecule has 0 fully saturated rings. The summed E-state index contributed by atoms with van der Waals surface area (Å²) in [6.45, 7) is 2.71. The minimum Gasteiger partial charge on any atom is -0.481 e. The number of halogens is 1. The lowest BCUT2D eigenvalue weighted by Gasteiger charge is -2.20. The molecule has 0 aromatic carbocycles. The lowest BCUT2D eigenvalue weighted by molar-refractivity contribution is -0.160. The zero-order valence-electron chi connectivity index (χ0n) is 9.00. The molecule has 0 rings (SSSR count). The number of ether oxygens (including phenoxy) is 1. The molecule has 0 aliphatic rings. The van der Waals surface area contributed by atoms with Crippen molar-refractivity contribution in [1.82, 2.24) is 0 Å². The molecular weight excluding hydrogens is 240 g/mol. The highest BCUT2D eigenvalue weighted by Crippen LogP contribution is 2.16. The van der Waals surface area contributed by atoms with Gasteiger partial charge in [0.05, 0.1) is 12.3 Å². The molecule has 0 heterocycles. The summed E-state index contributed by atoms with van der Waals surface area (Å²) in [5, 5.41) is 17.3. The fourth-order valence-electron chi connectivity index (χ4n) is 1.25. The van der Waals surface area contributed by atoms with E-state index in [1.807, 2.05) is 0 Å². The van der Waals surface area contributed by atoms with Crippen LogP contribution in [0, 0.1) is 5.92 Å². The molecule has 0 saturated carbocycles. The van der Waals surface area contributed by atoms with Gasteiger partial charge in [-0.2, -0.15) is 0 Å². The van der Waals surface area contributed by atoms with Gasteiger partial charge in [-0.3, -0.25) is 14.4 Å². The zero-order chi connectivity index (χ0) is 12.0. The maximum atomic E-state index is 10.8. The van der Waals surface area contributed by atoms with Gasteiger partial charge >= 0.3 is 17.9 Å². The Morgan fingerprint density at radius 3 is 2.00 bits per heavy atom. The Hall–Kier alpha value is -1.30. The van der Waals surface area contributed by atoms with E-state index in [4.69, 9.17) is 10.2 Å². The first-order valence-corrected chi connectivity index (χ1v) is 4.50. The number of carbonyl (C=O) groups excluding carboxylic acids is 1. The van der Waals surface area contributed by atoms with Crippen LogP contribution in [-0.4, -0.2) is 34.2 Å². The molecule has 94 valence electrons. The minimum absolute atomic E-state index is 0. The van der Waals surface area contributed by atoms with Gasteiger partial charge in [-0.25, -0.2) is 0 Å². The van der Waals surface area contributed by atoms with E-state index < -0.39 is 36.4 Å². The van der Waals surface area contributed by atoms with Crippen molar-refractivity contribution in [3.63, 3.8) is 0 Å². The maximum absolute atomic E-state index is 10.8. The highest BCUT2D eigenvalue weighted by Gasteiger charge is 2.30. The molecule has 2 atom stereocenters. The fraction of sp³-hybridized carbons (Fsp3) is 0.667. The first kappa shape index (κ1) is 17.1. The monoisotopic (exact) mass is 254 g/mol. The molecule has 0 amide bonds. The topological polar surface area (TPSA) is 101 Å². The second kappa shape index (κ2) is 7.92. The van der Waals surface area contributed by atoms with Gasteiger partial charge in [0.1, 0.15) is 6.10 Å². The van der Waals surface area contributed by atoms with Gasteiger partial charge < -0.3 is 14.9 Å². The Kier molecular flexibility index (Phi) is 8.47. The molecule has 1 unspecified atom stereocenters. The van der Waals surface area contributed by atoms with Gasteiger partial charge in [-0.05, 0) is 6.42 Å². The van der Waals surface area contributed by atoms with Crippen LogP contribution >= 0.6 is 12.4 Å². The molecule has 0 bridgehead atoms. The van der Waals surface area contributed by atoms with Crippen LogP contribution in [0.15, 0.2) is 0 Å². The van der Waals surface area contributed by atoms with Crippen molar-refractivity contribution in [3.05, 3.63) is 0 Å². The van der Waals surface area contributed by atoms with Crippen LogP contribution in [0.5, 0.6) is 0 Å². The van der Waals surface area contributed by atoms with Crippen LogP contribution in [0.25, 0.3) is 0 Å². The normalized spacial score (nSPS) is 13.1. The van der Waals surface area contributed by atoms with Gasteiger partial charge in [-0.1, -0.05) is 6.92 Å². The molecule has 2 N–H and O–H groups in total. The number of carbonyl (C=O) groups is 3. The SMILES string of the molecule is CCC(C(=O)O)[C@@H](CC(=O)O)OC(C)=O.Cl. The highest BCUT2D eigenvalue weighted by molar-refractivity contribution is 5.85. The lowest BCUT2D eigenvalue weighted by atomic mass is 9.97. The van der Waals surface area contributed by atoms with Crippen molar-refractivity contribution in [3.8, 4) is 0 Å². The highest BCUT2D eigenvalue weighted by atomic mass is 35.5. The summed E-state index contributed by atoms with van der Waals surface area (Å²) in [5.74, 6) is -4.02. The van der Waals surface area contributed by atoms with E-state index in [-0.39, 0.29) is 18.8 Å². The van der Waals surface area contributed by atoms with Gasteiger partial charge in [0, 0.05) is 6.92 Å². The van der Waals surface area contributed by atoms with Crippen LogP contribution in [-0.2, 0) is 19.1 Å². The molecule has 0 spiro atoms. The number of aliphatic carboxylic acids is 2. The molecule has 0 aromatic rings. The number of esters is 1. The molecule has 0 radical (unpaired) electrons. The largest absolute Gasteiger partial charge is 0.481 e. The van der Waals surface area contributed by atoms with Crippen LogP contribution in [0.2, 0.25) is 0 Å². The van der Waals surface area contributed by atoms with E-state index in [1.54, 1.807) is 6.92 Å². The summed E-state index contributed by atoms with van der Waals surface area (Å²) < 4.78 is 4.67. The molecule has 0 saturated heterocycles. The average Bonchev–Trinajstić information content (AvgIpc) is 2.01. The third-order valence-corrected chi connectivity index (χ3v) is 1.90. The minimum atomic E-state index is -1.19. The van der Waals surface area contributed by atoms with E-state index in [0.717, 1.165) is 6.92 Å². The van der Waals surface area contributed by atoms with E-state index >= 15 is 0 Å². The summed E-state index contributed by atoms with van der Waals surface area (Å²) in [6.07, 6.45) is -1.40. The fourth-order valence-corrected chi connectivity index (χ4v) is 1.25. The van der Waals surface area contributed by atoms with Gasteiger partial charge in [0.2, 0.25) is 0 Å². The average molecular weight is 255 g/mol. The van der Waals surface area contributed by atoms with Crippen molar-refractivity contribution in [2.75, 3.05) is 0 Å². The van der Waals surface area contributed by atoms with Gasteiger partial charge in [-0.15, -0.1) is 12.4 Å². The van der Waals surface area contributed by atoms with Crippen LogP contribution in [0.3, 0.4) is 0 Å². The predicted molar refractivity (Wildman–Crippen MR) is 56.5 cm³/mol. The van der Waals surface area contributed by atoms with Crippen molar-refractivity contribution in [2.24, 2.45) is 5.92 Å². The van der Waals surface area contributed by atoms with Gasteiger partial charge in [0.25, 0.3) is 0 Å². The van der Waals surface area contributed by atoms with Gasteiger partial charge in [0.15, 0.2) is 0 Å². The second-order valence-corrected chi connectivity index (χ2v) is 3.10. The third kappa shape index (κ3) is 6.23. The summed E-state index contributed by atoms with van der Waals surface area (Å²) in [6, 6.07) is 0. The number of carboxylic acids is 2. The van der Waals surface area contributed by atoms with E-state index in [9.17, 15) is 14.4 Å². The van der Waals surface area contributed by atoms with Crippen molar-refractivity contribution < 1.29 is 29.3 Å². The first-order valence-electron chi connectivity index (χ1n) is 4.50. The Bertz CT molecular complexity index is 249. The van der Waals surface area contributed by atoms with Crippen molar-refractivity contribution >= 4 is 30.3 Å². The summed E-state index contributed by atoms with van der Waals surface area (Å²) >= 11 is 0. The third-order valence-electron chi connectivity index (χ3n) is 1.90. The summed E-state index contributed by atoms with van der Waals surface area (Å²) in [7, 11) is 0. The summed E-state index contributed by atoms with van der Waals surface area (Å²) in [4.78, 5) is 31.9. The van der Waals surface area contributed by atoms with E-state index in [2.05, 4.69) is 4.74 Å². The maximum Gasteiger partial charge on any atom is 0.310 e. The molecule has 0 aliphatic carbocycles. The number of carboxylic acid groups (broad SMARTS) is 2. The molecular formula is C9H15ClO6. The smallest absolute Gasteiger partial charge is 0.310 e. The van der Waals surface area contributed by atoms with Crippen LogP contribution in [0.4, 0.5) is 0 Å². The lowest BCUT2D eigenvalue weighted by Crippen LogP contribution is -2.33. The van der Waals surface area contributed by atoms with Crippen LogP contribution < -0.4 is 0 Å². The molecule has 16 heavy (non-hydrogen) atoms. The molecule has 6 nitrogen and oxygen atoms in total. The Morgan fingerprint density at radius 2 is 1.75 bits per heavy atom. The number of hydrogen-bond donors (Lipinski definition) is 2. The number of hydrogen-bond acceptors (Lipinski definition) is 4. The summed E-state index contributed by atoms with van der Waals surface area (Å²) in [5.41, 5.74) is 0. The molecule has 7 heteroatoms. The van der Waals surface area contributed by atoms with E-state index in [0.29, 0.717) is 0 Å². The first-order chi connectivity index (χ1) is 6.88. The molecule has 0 aromatic heterocycles. The Balaban J connectivity index is 0. The Morgan fingerprint density at radius 1 is 1.25 bits per heavy atom. The second-order valence-electron chi connectivity index (χ2n) is 3.10.